The van der Waals surface area contributed by atoms with E-state index in [0.717, 1.165) is 5.56 Å². The molecule has 0 unspecified atom stereocenters. The van der Waals surface area contributed by atoms with E-state index in [1.807, 2.05) is 0 Å². The molecule has 0 aliphatic carbocycles. The van der Waals surface area contributed by atoms with Crippen LogP contribution in [0.1, 0.15) is 5.56 Å². The molecule has 1 aromatic carbocycles. The number of hydrogen-bond donors (Lipinski definition) is 2. The van der Waals surface area contributed by atoms with Crippen LogP contribution >= 0.6 is 0 Å². The molecule has 0 radical (unpaired) electrons. The van der Waals surface area contributed by atoms with Crippen LogP contribution in [0.5, 0.6) is 5.75 Å². The Morgan fingerprint density at radius 3 is 2.58 bits per heavy atom. The van der Waals surface area contributed by atoms with Crippen molar-refractivity contribution in [2.45, 2.75) is 0 Å². The number of amides is 2. The third kappa shape index (κ3) is 6.07. The van der Waals surface area contributed by atoms with Gasteiger partial charge in [-0.1, -0.05) is 18.2 Å². The van der Waals surface area contributed by atoms with Crippen LogP contribution in [0.15, 0.2) is 43.0 Å². The summed E-state index contributed by atoms with van der Waals surface area (Å²) in [5.74, 6) is -0.163. The van der Waals surface area contributed by atoms with Crippen LogP contribution in [-0.4, -0.2) is 25.0 Å². The first-order valence-electron chi connectivity index (χ1n) is 5.70. The Hall–Kier alpha value is -2.56. The monoisotopic (exact) mass is 260 g/mol. The number of nitrogens with two attached hydrogens (primary N) is 1. The molecule has 0 saturated carbocycles. The molecule has 1 aromatic rings. The maximum absolute atomic E-state index is 11.3. The number of nitrogens with one attached hydrogen (secondary N) is 1. The van der Waals surface area contributed by atoms with Gasteiger partial charge in [-0.05, 0) is 23.8 Å². The minimum absolute atomic E-state index is 0.154. The van der Waals surface area contributed by atoms with E-state index in [9.17, 15) is 9.59 Å². The lowest BCUT2D eigenvalue weighted by atomic mass is 10.2. The van der Waals surface area contributed by atoms with Gasteiger partial charge in [0.05, 0.1) is 0 Å². The summed E-state index contributed by atoms with van der Waals surface area (Å²) in [7, 11) is 0. The van der Waals surface area contributed by atoms with Crippen molar-refractivity contribution in [3.8, 4) is 5.75 Å². The van der Waals surface area contributed by atoms with Crippen molar-refractivity contribution < 1.29 is 14.3 Å². The van der Waals surface area contributed by atoms with Gasteiger partial charge in [0.15, 0.2) is 6.61 Å². The fraction of sp³-hybridized carbons (Fsp3) is 0.143. The van der Waals surface area contributed by atoms with Crippen molar-refractivity contribution in [1.82, 2.24) is 5.32 Å². The van der Waals surface area contributed by atoms with Crippen LogP contribution in [-0.2, 0) is 9.59 Å². The average Bonchev–Trinajstić information content (AvgIpc) is 2.41. The highest BCUT2D eigenvalue weighted by Crippen LogP contribution is 2.12. The van der Waals surface area contributed by atoms with E-state index < -0.39 is 5.91 Å². The molecule has 0 aliphatic rings. The smallest absolute Gasteiger partial charge is 0.255 e. The number of carbonyl (C=O) groups excluding carboxylic acids is 2. The molecule has 0 aromatic heterocycles. The van der Waals surface area contributed by atoms with E-state index in [-0.39, 0.29) is 12.5 Å². The first-order chi connectivity index (χ1) is 9.11. The van der Waals surface area contributed by atoms with Crippen molar-refractivity contribution in [3.05, 3.63) is 48.6 Å². The van der Waals surface area contributed by atoms with Crippen LogP contribution in [0, 0.1) is 0 Å². The van der Waals surface area contributed by atoms with E-state index in [2.05, 4.69) is 11.9 Å². The summed E-state index contributed by atoms with van der Waals surface area (Å²) in [4.78, 5) is 21.8. The lowest BCUT2D eigenvalue weighted by Crippen LogP contribution is -2.20. The first kappa shape index (κ1) is 14.5. The molecule has 0 atom stereocenters. The van der Waals surface area contributed by atoms with Crippen molar-refractivity contribution in [2.75, 3.05) is 13.2 Å². The van der Waals surface area contributed by atoms with Gasteiger partial charge in [-0.2, -0.15) is 0 Å². The van der Waals surface area contributed by atoms with Crippen LogP contribution < -0.4 is 15.8 Å². The molecule has 100 valence electrons. The number of carbonyl (C=O) groups is 2. The molecule has 5 heteroatoms. The van der Waals surface area contributed by atoms with Crippen LogP contribution in [0.4, 0.5) is 0 Å². The zero-order valence-electron chi connectivity index (χ0n) is 10.5. The number of hydrogen-bond acceptors (Lipinski definition) is 3. The summed E-state index contributed by atoms with van der Waals surface area (Å²) in [5.41, 5.74) is 5.81. The Kier molecular flexibility index (Phi) is 5.88. The highest BCUT2D eigenvalue weighted by Gasteiger charge is 1.97. The summed E-state index contributed by atoms with van der Waals surface area (Å²) >= 11 is 0. The van der Waals surface area contributed by atoms with Gasteiger partial charge < -0.3 is 15.8 Å². The van der Waals surface area contributed by atoms with Gasteiger partial charge >= 0.3 is 0 Å². The minimum atomic E-state index is -0.525. The molecule has 19 heavy (non-hydrogen) atoms. The largest absolute Gasteiger partial charge is 0.484 e. The molecule has 0 heterocycles. The number of rotatable bonds is 7. The van der Waals surface area contributed by atoms with E-state index in [1.54, 1.807) is 36.4 Å². The summed E-state index contributed by atoms with van der Waals surface area (Å²) < 4.78 is 5.11. The van der Waals surface area contributed by atoms with Crippen molar-refractivity contribution in [3.63, 3.8) is 0 Å². The van der Waals surface area contributed by atoms with Crippen molar-refractivity contribution >= 4 is 17.9 Å². The van der Waals surface area contributed by atoms with Gasteiger partial charge in [-0.15, -0.1) is 6.58 Å². The fourth-order valence-electron chi connectivity index (χ4n) is 1.23. The fourth-order valence-corrected chi connectivity index (χ4v) is 1.23. The number of ether oxygens (including phenoxy) is 1. The van der Waals surface area contributed by atoms with Crippen LogP contribution in [0.3, 0.4) is 0 Å². The van der Waals surface area contributed by atoms with E-state index in [1.165, 1.54) is 6.08 Å². The van der Waals surface area contributed by atoms with E-state index in [4.69, 9.17) is 10.5 Å². The molecule has 0 saturated heterocycles. The molecular weight excluding hydrogens is 244 g/mol. The van der Waals surface area contributed by atoms with Gasteiger partial charge in [0.2, 0.25) is 5.91 Å². The van der Waals surface area contributed by atoms with Gasteiger partial charge in [-0.3, -0.25) is 9.59 Å². The van der Waals surface area contributed by atoms with Crippen LogP contribution in [0.25, 0.3) is 6.08 Å². The lowest BCUT2D eigenvalue weighted by molar-refractivity contribution is -0.120. The zero-order chi connectivity index (χ0) is 14.1. The minimum Gasteiger partial charge on any atom is -0.484 e. The Balaban J connectivity index is 2.51. The lowest BCUT2D eigenvalue weighted by Gasteiger charge is -2.03. The van der Waals surface area contributed by atoms with Crippen LogP contribution in [0.2, 0.25) is 0 Å². The van der Waals surface area contributed by atoms with Crippen molar-refractivity contribution in [1.29, 1.82) is 0 Å². The summed E-state index contributed by atoms with van der Waals surface area (Å²) in [6, 6.07) is 6.94. The number of primary amides is 1. The van der Waals surface area contributed by atoms with Gasteiger partial charge in [0, 0.05) is 12.6 Å². The summed E-state index contributed by atoms with van der Waals surface area (Å²) in [5, 5.41) is 2.63. The molecule has 0 spiro atoms. The first-order valence-corrected chi connectivity index (χ1v) is 5.70. The maximum Gasteiger partial charge on any atom is 0.255 e. The molecule has 5 nitrogen and oxygen atoms in total. The normalized spacial score (nSPS) is 10.1. The SMILES string of the molecule is C=CCNC(=O)/C=C/c1ccc(OCC(N)=O)cc1. The number of benzene rings is 1. The summed E-state index contributed by atoms with van der Waals surface area (Å²) in [6.45, 7) is 3.78. The quantitative estimate of drug-likeness (QED) is 0.563. The second-order valence-electron chi connectivity index (χ2n) is 3.69. The second kappa shape index (κ2) is 7.71. The Labute approximate surface area is 111 Å². The van der Waals surface area contributed by atoms with Gasteiger partial charge in [0.25, 0.3) is 5.91 Å². The predicted octanol–water partition coefficient (Wildman–Crippen LogP) is 0.866. The van der Waals surface area contributed by atoms with Crippen molar-refractivity contribution in [2.24, 2.45) is 5.73 Å². The average molecular weight is 260 g/mol. The molecule has 2 amide bonds. The Morgan fingerprint density at radius 2 is 2.00 bits per heavy atom. The predicted molar refractivity (Wildman–Crippen MR) is 73.4 cm³/mol. The van der Waals surface area contributed by atoms with Gasteiger partial charge in [0.1, 0.15) is 5.75 Å². The molecule has 0 fully saturated rings. The molecular formula is C14H16N2O3. The second-order valence-corrected chi connectivity index (χ2v) is 3.69. The van der Waals surface area contributed by atoms with Gasteiger partial charge in [-0.25, -0.2) is 0 Å². The Morgan fingerprint density at radius 1 is 1.32 bits per heavy atom. The molecule has 0 bridgehead atoms. The Bertz CT molecular complexity index is 478. The van der Waals surface area contributed by atoms with E-state index in [0.29, 0.717) is 12.3 Å². The molecule has 3 N–H and O–H groups in total. The highest BCUT2D eigenvalue weighted by atomic mass is 16.5. The maximum atomic E-state index is 11.3. The third-order valence-corrected chi connectivity index (χ3v) is 2.11. The molecule has 1 rings (SSSR count). The topological polar surface area (TPSA) is 81.4 Å². The zero-order valence-corrected chi connectivity index (χ0v) is 10.5. The van der Waals surface area contributed by atoms with E-state index >= 15 is 0 Å². The third-order valence-electron chi connectivity index (χ3n) is 2.11. The summed E-state index contributed by atoms with van der Waals surface area (Å²) in [6.07, 6.45) is 4.72. The highest BCUT2D eigenvalue weighted by molar-refractivity contribution is 5.91. The standard InChI is InChI=1S/C14H16N2O3/c1-2-9-16-14(18)8-5-11-3-6-12(7-4-11)19-10-13(15)17/h2-8H,1,9-10H2,(H2,15,17)(H,16,18)/b8-5+. The molecule has 0 aliphatic heterocycles.